The molecule has 0 spiro atoms. The Balaban J connectivity index is 1.77. The average Bonchev–Trinajstić information content (AvgIpc) is 2.85. The number of anilines is 2. The van der Waals surface area contributed by atoms with Gasteiger partial charge in [0.25, 0.3) is 0 Å². The van der Waals surface area contributed by atoms with Crippen molar-refractivity contribution in [3.05, 3.63) is 52.6 Å². The number of nitrogens with two attached hydrogens (primary N) is 1. The first-order valence-corrected chi connectivity index (χ1v) is 7.11. The van der Waals surface area contributed by atoms with Crippen LogP contribution < -0.4 is 11.1 Å². The highest BCUT2D eigenvalue weighted by Crippen LogP contribution is 2.25. The quantitative estimate of drug-likeness (QED) is 0.713. The first-order valence-electron chi connectivity index (χ1n) is 6.31. The van der Waals surface area contributed by atoms with Crippen LogP contribution in [0.2, 0.25) is 0 Å². The van der Waals surface area contributed by atoms with Gasteiger partial charge in [-0.2, -0.15) is 0 Å². The van der Waals surface area contributed by atoms with Crippen molar-refractivity contribution in [1.82, 2.24) is 5.16 Å². The molecule has 0 fully saturated rings. The van der Waals surface area contributed by atoms with Gasteiger partial charge < -0.3 is 15.6 Å². The van der Waals surface area contributed by atoms with Gasteiger partial charge in [-0.1, -0.05) is 17.3 Å². The number of halogens is 1. The number of aromatic nitrogens is 1. The van der Waals surface area contributed by atoms with Crippen molar-refractivity contribution in [2.24, 2.45) is 0 Å². The molecule has 3 aromatic rings. The van der Waals surface area contributed by atoms with E-state index in [0.29, 0.717) is 22.7 Å². The summed E-state index contributed by atoms with van der Waals surface area (Å²) in [6, 6.07) is 12.7. The zero-order valence-corrected chi connectivity index (χ0v) is 12.6. The minimum absolute atomic E-state index is 0.147. The second-order valence-corrected chi connectivity index (χ2v) is 5.44. The zero-order chi connectivity index (χ0) is 14.8. The number of para-hydroxylation sites is 1. The van der Waals surface area contributed by atoms with Crippen molar-refractivity contribution in [3.8, 4) is 0 Å². The molecule has 3 rings (SSSR count). The molecule has 5 nitrogen and oxygen atoms in total. The highest BCUT2D eigenvalue weighted by molar-refractivity contribution is 9.10. The van der Waals surface area contributed by atoms with Gasteiger partial charge in [-0.05, 0) is 46.3 Å². The fourth-order valence-electron chi connectivity index (χ4n) is 2.04. The molecule has 0 aliphatic rings. The molecule has 0 aliphatic heterocycles. The minimum Gasteiger partial charge on any atom is -0.399 e. The van der Waals surface area contributed by atoms with Crippen LogP contribution in [0, 0.1) is 0 Å². The summed E-state index contributed by atoms with van der Waals surface area (Å²) >= 11 is 3.36. The molecule has 106 valence electrons. The maximum atomic E-state index is 12.1. The average molecular weight is 346 g/mol. The van der Waals surface area contributed by atoms with E-state index in [1.54, 1.807) is 18.2 Å². The van der Waals surface area contributed by atoms with Gasteiger partial charge in [0.1, 0.15) is 5.69 Å². The largest absolute Gasteiger partial charge is 0.399 e. The van der Waals surface area contributed by atoms with E-state index in [9.17, 15) is 4.79 Å². The summed E-state index contributed by atoms with van der Waals surface area (Å²) in [6.07, 6.45) is 0.147. The zero-order valence-electron chi connectivity index (χ0n) is 11.0. The van der Waals surface area contributed by atoms with Crippen molar-refractivity contribution in [3.63, 3.8) is 0 Å². The van der Waals surface area contributed by atoms with Gasteiger partial charge in [-0.15, -0.1) is 0 Å². The van der Waals surface area contributed by atoms with Gasteiger partial charge in [0.15, 0.2) is 5.58 Å². The number of benzene rings is 2. The predicted molar refractivity (Wildman–Crippen MR) is 84.9 cm³/mol. The lowest BCUT2D eigenvalue weighted by Crippen LogP contribution is -2.15. The third-order valence-electron chi connectivity index (χ3n) is 3.05. The van der Waals surface area contributed by atoms with Crippen LogP contribution in [-0.2, 0) is 11.2 Å². The van der Waals surface area contributed by atoms with E-state index in [1.165, 1.54) is 0 Å². The number of nitrogen functional groups attached to an aromatic ring is 1. The SMILES string of the molecule is Nc1ccc(NC(=O)Cc2noc3ccccc23)c(Br)c1. The third kappa shape index (κ3) is 2.90. The summed E-state index contributed by atoms with van der Waals surface area (Å²) in [5, 5.41) is 7.61. The fourth-order valence-corrected chi connectivity index (χ4v) is 2.54. The Hall–Kier alpha value is -2.34. The predicted octanol–water partition coefficient (Wildman–Crippen LogP) is 3.35. The molecule has 0 saturated heterocycles. The molecular formula is C15H12BrN3O2. The number of amides is 1. The van der Waals surface area contributed by atoms with Crippen LogP contribution in [-0.4, -0.2) is 11.1 Å². The Kier molecular flexibility index (Phi) is 3.62. The van der Waals surface area contributed by atoms with E-state index < -0.39 is 0 Å². The molecular weight excluding hydrogens is 334 g/mol. The minimum atomic E-state index is -0.167. The number of hydrogen-bond donors (Lipinski definition) is 2. The maximum absolute atomic E-state index is 12.1. The molecule has 0 aliphatic carbocycles. The van der Waals surface area contributed by atoms with Crippen LogP contribution in [0.5, 0.6) is 0 Å². The van der Waals surface area contributed by atoms with E-state index in [0.717, 1.165) is 9.86 Å². The van der Waals surface area contributed by atoms with Crippen LogP contribution in [0.3, 0.4) is 0 Å². The Morgan fingerprint density at radius 2 is 2.10 bits per heavy atom. The topological polar surface area (TPSA) is 81.1 Å². The van der Waals surface area contributed by atoms with Gasteiger partial charge in [-0.25, -0.2) is 0 Å². The molecule has 1 heterocycles. The van der Waals surface area contributed by atoms with Crippen molar-refractivity contribution in [2.45, 2.75) is 6.42 Å². The van der Waals surface area contributed by atoms with E-state index in [2.05, 4.69) is 26.4 Å². The van der Waals surface area contributed by atoms with E-state index in [-0.39, 0.29) is 12.3 Å². The first kappa shape index (κ1) is 13.6. The monoisotopic (exact) mass is 345 g/mol. The van der Waals surface area contributed by atoms with Crippen molar-refractivity contribution in [1.29, 1.82) is 0 Å². The lowest BCUT2D eigenvalue weighted by molar-refractivity contribution is -0.115. The second-order valence-electron chi connectivity index (χ2n) is 4.59. The summed E-state index contributed by atoms with van der Waals surface area (Å²) in [6.45, 7) is 0. The van der Waals surface area contributed by atoms with Crippen LogP contribution >= 0.6 is 15.9 Å². The maximum Gasteiger partial charge on any atom is 0.230 e. The Morgan fingerprint density at radius 1 is 1.29 bits per heavy atom. The highest BCUT2D eigenvalue weighted by Gasteiger charge is 2.13. The molecule has 1 aromatic heterocycles. The molecule has 21 heavy (non-hydrogen) atoms. The van der Waals surface area contributed by atoms with Gasteiger partial charge in [0.05, 0.1) is 12.1 Å². The van der Waals surface area contributed by atoms with Gasteiger partial charge >= 0.3 is 0 Å². The summed E-state index contributed by atoms with van der Waals surface area (Å²) in [4.78, 5) is 12.1. The number of carbonyl (C=O) groups excluding carboxylic acids is 1. The standard InChI is InChI=1S/C15H12BrN3O2/c16-11-7-9(17)5-6-12(11)18-15(20)8-13-10-3-1-2-4-14(10)21-19-13/h1-7H,8,17H2,(H,18,20). The van der Waals surface area contributed by atoms with Crippen LogP contribution in [0.25, 0.3) is 11.0 Å². The second kappa shape index (κ2) is 5.57. The summed E-state index contributed by atoms with van der Waals surface area (Å²) < 4.78 is 5.92. The van der Waals surface area contributed by atoms with E-state index in [4.69, 9.17) is 10.3 Å². The van der Waals surface area contributed by atoms with Crippen molar-refractivity contribution in [2.75, 3.05) is 11.1 Å². The number of nitrogens with one attached hydrogen (secondary N) is 1. The van der Waals surface area contributed by atoms with E-state index in [1.807, 2.05) is 24.3 Å². The third-order valence-corrected chi connectivity index (χ3v) is 3.70. The van der Waals surface area contributed by atoms with Crippen LogP contribution in [0.15, 0.2) is 51.5 Å². The highest BCUT2D eigenvalue weighted by atomic mass is 79.9. The van der Waals surface area contributed by atoms with Gasteiger partial charge in [-0.3, -0.25) is 4.79 Å². The Labute approximate surface area is 129 Å². The van der Waals surface area contributed by atoms with Gasteiger partial charge in [0, 0.05) is 15.5 Å². The number of rotatable bonds is 3. The first-order chi connectivity index (χ1) is 10.1. The lowest BCUT2D eigenvalue weighted by Gasteiger charge is -2.07. The molecule has 0 atom stereocenters. The summed E-state index contributed by atoms with van der Waals surface area (Å²) in [5.41, 5.74) is 8.26. The van der Waals surface area contributed by atoms with E-state index >= 15 is 0 Å². The molecule has 0 unspecified atom stereocenters. The number of hydrogen-bond acceptors (Lipinski definition) is 4. The molecule has 6 heteroatoms. The van der Waals surface area contributed by atoms with Crippen LogP contribution in [0.4, 0.5) is 11.4 Å². The fraction of sp³-hybridized carbons (Fsp3) is 0.0667. The van der Waals surface area contributed by atoms with Gasteiger partial charge in [0.2, 0.25) is 5.91 Å². The Morgan fingerprint density at radius 3 is 2.90 bits per heavy atom. The normalized spacial score (nSPS) is 10.7. The molecule has 0 bridgehead atoms. The smallest absolute Gasteiger partial charge is 0.230 e. The molecule has 3 N–H and O–H groups in total. The molecule has 2 aromatic carbocycles. The summed E-state index contributed by atoms with van der Waals surface area (Å²) in [5.74, 6) is -0.167. The molecule has 0 radical (unpaired) electrons. The van der Waals surface area contributed by atoms with Crippen molar-refractivity contribution >= 4 is 44.2 Å². The lowest BCUT2D eigenvalue weighted by atomic mass is 10.1. The van der Waals surface area contributed by atoms with Crippen molar-refractivity contribution < 1.29 is 9.32 Å². The Bertz CT molecular complexity index is 814. The number of fused-ring (bicyclic) bond motifs is 1. The number of nitrogens with zero attached hydrogens (tertiary/aromatic N) is 1. The number of carbonyl (C=O) groups is 1. The summed E-state index contributed by atoms with van der Waals surface area (Å²) in [7, 11) is 0. The molecule has 1 amide bonds. The molecule has 0 saturated carbocycles. The van der Waals surface area contributed by atoms with Crippen LogP contribution in [0.1, 0.15) is 5.69 Å².